The second-order valence-electron chi connectivity index (χ2n) is 6.46. The maximum Gasteiger partial charge on any atom is 0.161 e. The molecule has 4 rings (SSSR count). The Morgan fingerprint density at radius 2 is 1.76 bits per heavy atom. The molecule has 5 heteroatoms. The Kier molecular flexibility index (Phi) is 4.40. The number of para-hydroxylation sites is 2. The Balaban J connectivity index is 1.45. The molecular weight excluding hydrogens is 318 g/mol. The first-order valence-electron chi connectivity index (χ1n) is 8.61. The summed E-state index contributed by atoms with van der Waals surface area (Å²) in [5.41, 5.74) is 2.63. The van der Waals surface area contributed by atoms with Crippen LogP contribution in [-0.2, 0) is 13.0 Å². The van der Waals surface area contributed by atoms with Crippen molar-refractivity contribution in [2.45, 2.75) is 19.1 Å². The maximum absolute atomic E-state index is 6.09. The van der Waals surface area contributed by atoms with Gasteiger partial charge in [0, 0.05) is 19.6 Å². The molecule has 0 aromatic heterocycles. The molecule has 0 N–H and O–H groups in total. The summed E-state index contributed by atoms with van der Waals surface area (Å²) in [7, 11) is 3.35. The number of methoxy groups -OCH3 is 2. The average molecular weight is 341 g/mol. The van der Waals surface area contributed by atoms with Gasteiger partial charge in [0.1, 0.15) is 12.7 Å². The van der Waals surface area contributed by atoms with Crippen molar-refractivity contribution in [3.63, 3.8) is 0 Å². The van der Waals surface area contributed by atoms with Crippen molar-refractivity contribution in [2.75, 3.05) is 33.9 Å². The zero-order chi connectivity index (χ0) is 17.2. The van der Waals surface area contributed by atoms with Gasteiger partial charge in [-0.05, 0) is 41.8 Å². The zero-order valence-corrected chi connectivity index (χ0v) is 14.7. The molecule has 2 aliphatic heterocycles. The van der Waals surface area contributed by atoms with Crippen LogP contribution in [0.1, 0.15) is 11.1 Å². The molecule has 0 amide bonds. The van der Waals surface area contributed by atoms with E-state index in [1.807, 2.05) is 24.3 Å². The molecular formula is C20H23NO4. The molecule has 2 aliphatic rings. The van der Waals surface area contributed by atoms with Crippen LogP contribution in [0.4, 0.5) is 0 Å². The van der Waals surface area contributed by atoms with Crippen LogP contribution in [-0.4, -0.2) is 44.9 Å². The molecule has 2 heterocycles. The monoisotopic (exact) mass is 341 g/mol. The molecule has 25 heavy (non-hydrogen) atoms. The fourth-order valence-corrected chi connectivity index (χ4v) is 3.54. The lowest BCUT2D eigenvalue weighted by Crippen LogP contribution is -2.42. The highest BCUT2D eigenvalue weighted by molar-refractivity contribution is 5.48. The standard InChI is InChI=1S/C20H23NO4/c1-22-19-9-14-7-8-21(11-15(14)10-20(19)23-2)12-16-13-24-17-5-3-4-6-18(17)25-16/h3-6,9-10,16H,7-8,11-13H2,1-2H3. The third kappa shape index (κ3) is 3.24. The first kappa shape index (κ1) is 16.1. The highest BCUT2D eigenvalue weighted by atomic mass is 16.6. The fraction of sp³-hybridized carbons (Fsp3) is 0.400. The third-order valence-electron chi connectivity index (χ3n) is 4.83. The highest BCUT2D eigenvalue weighted by Crippen LogP contribution is 2.34. The summed E-state index contributed by atoms with van der Waals surface area (Å²) in [5.74, 6) is 3.26. The molecule has 2 aromatic rings. The van der Waals surface area contributed by atoms with Crippen molar-refractivity contribution in [2.24, 2.45) is 0 Å². The van der Waals surface area contributed by atoms with E-state index in [0.29, 0.717) is 6.61 Å². The minimum Gasteiger partial charge on any atom is -0.493 e. The average Bonchev–Trinajstić information content (AvgIpc) is 2.66. The molecule has 0 radical (unpaired) electrons. The van der Waals surface area contributed by atoms with E-state index >= 15 is 0 Å². The zero-order valence-electron chi connectivity index (χ0n) is 14.7. The summed E-state index contributed by atoms with van der Waals surface area (Å²) in [6.45, 7) is 3.33. The van der Waals surface area contributed by atoms with E-state index in [2.05, 4.69) is 17.0 Å². The van der Waals surface area contributed by atoms with E-state index in [4.69, 9.17) is 18.9 Å². The molecule has 0 saturated heterocycles. The van der Waals surface area contributed by atoms with Crippen molar-refractivity contribution >= 4 is 0 Å². The van der Waals surface area contributed by atoms with Crippen LogP contribution in [0, 0.1) is 0 Å². The van der Waals surface area contributed by atoms with Crippen LogP contribution in [0.3, 0.4) is 0 Å². The van der Waals surface area contributed by atoms with Gasteiger partial charge in [-0.25, -0.2) is 0 Å². The Morgan fingerprint density at radius 3 is 2.52 bits per heavy atom. The van der Waals surface area contributed by atoms with Crippen LogP contribution in [0.2, 0.25) is 0 Å². The molecule has 1 atom stereocenters. The smallest absolute Gasteiger partial charge is 0.161 e. The lowest BCUT2D eigenvalue weighted by molar-refractivity contribution is 0.0549. The summed E-state index contributed by atoms with van der Waals surface area (Å²) in [5, 5.41) is 0. The molecule has 0 fully saturated rings. The fourth-order valence-electron chi connectivity index (χ4n) is 3.54. The van der Waals surface area contributed by atoms with Crippen LogP contribution in [0.15, 0.2) is 36.4 Å². The van der Waals surface area contributed by atoms with Crippen LogP contribution in [0.5, 0.6) is 23.0 Å². The molecule has 2 aromatic carbocycles. The number of nitrogens with zero attached hydrogens (tertiary/aromatic N) is 1. The second kappa shape index (κ2) is 6.84. The molecule has 0 spiro atoms. The topological polar surface area (TPSA) is 40.2 Å². The minimum absolute atomic E-state index is 0.0524. The van der Waals surface area contributed by atoms with E-state index in [1.165, 1.54) is 11.1 Å². The van der Waals surface area contributed by atoms with Gasteiger partial charge >= 0.3 is 0 Å². The Bertz CT molecular complexity index is 761. The SMILES string of the molecule is COc1cc2c(cc1OC)CN(CC1COc3ccccc3O1)CC2. The van der Waals surface area contributed by atoms with Crippen molar-refractivity contribution in [3.05, 3.63) is 47.5 Å². The highest BCUT2D eigenvalue weighted by Gasteiger charge is 2.26. The quantitative estimate of drug-likeness (QED) is 0.855. The molecule has 5 nitrogen and oxygen atoms in total. The summed E-state index contributed by atoms with van der Waals surface area (Å²) in [6, 6.07) is 12.0. The van der Waals surface area contributed by atoms with Gasteiger partial charge in [0.05, 0.1) is 14.2 Å². The lowest BCUT2D eigenvalue weighted by Gasteiger charge is -2.34. The van der Waals surface area contributed by atoms with Gasteiger partial charge in [-0.1, -0.05) is 12.1 Å². The molecule has 0 saturated carbocycles. The third-order valence-corrected chi connectivity index (χ3v) is 4.83. The number of hydrogen-bond donors (Lipinski definition) is 0. The number of ether oxygens (including phenoxy) is 4. The number of rotatable bonds is 4. The van der Waals surface area contributed by atoms with Crippen molar-refractivity contribution in [1.29, 1.82) is 0 Å². The van der Waals surface area contributed by atoms with Crippen LogP contribution < -0.4 is 18.9 Å². The van der Waals surface area contributed by atoms with Gasteiger partial charge in [0.15, 0.2) is 23.0 Å². The van der Waals surface area contributed by atoms with E-state index < -0.39 is 0 Å². The number of benzene rings is 2. The van der Waals surface area contributed by atoms with E-state index in [-0.39, 0.29) is 6.10 Å². The van der Waals surface area contributed by atoms with Gasteiger partial charge < -0.3 is 18.9 Å². The normalized spacial score (nSPS) is 19.2. The molecule has 132 valence electrons. The van der Waals surface area contributed by atoms with Gasteiger partial charge in [0.25, 0.3) is 0 Å². The van der Waals surface area contributed by atoms with Crippen molar-refractivity contribution in [1.82, 2.24) is 4.90 Å². The van der Waals surface area contributed by atoms with E-state index in [0.717, 1.165) is 49.1 Å². The maximum atomic E-state index is 6.09. The summed E-state index contributed by atoms with van der Waals surface area (Å²) in [6.07, 6.45) is 1.05. The Labute approximate surface area is 148 Å². The molecule has 0 bridgehead atoms. The van der Waals surface area contributed by atoms with Gasteiger partial charge in [-0.3, -0.25) is 4.90 Å². The predicted octanol–water partition coefficient (Wildman–Crippen LogP) is 2.90. The lowest BCUT2D eigenvalue weighted by atomic mass is 9.98. The minimum atomic E-state index is 0.0524. The summed E-state index contributed by atoms with van der Waals surface area (Å²) >= 11 is 0. The number of hydrogen-bond acceptors (Lipinski definition) is 5. The van der Waals surface area contributed by atoms with Crippen molar-refractivity contribution in [3.8, 4) is 23.0 Å². The molecule has 1 unspecified atom stereocenters. The Hall–Kier alpha value is -2.40. The summed E-state index contributed by atoms with van der Waals surface area (Å²) in [4.78, 5) is 2.41. The first-order chi connectivity index (χ1) is 12.3. The van der Waals surface area contributed by atoms with Crippen LogP contribution in [0.25, 0.3) is 0 Å². The predicted molar refractivity (Wildman–Crippen MR) is 94.9 cm³/mol. The Morgan fingerprint density at radius 1 is 1.04 bits per heavy atom. The van der Waals surface area contributed by atoms with Gasteiger partial charge in [-0.15, -0.1) is 0 Å². The molecule has 0 aliphatic carbocycles. The van der Waals surface area contributed by atoms with E-state index in [9.17, 15) is 0 Å². The largest absolute Gasteiger partial charge is 0.493 e. The number of fused-ring (bicyclic) bond motifs is 2. The second-order valence-corrected chi connectivity index (χ2v) is 6.46. The van der Waals surface area contributed by atoms with E-state index in [1.54, 1.807) is 14.2 Å². The summed E-state index contributed by atoms with van der Waals surface area (Å²) < 4.78 is 22.8. The van der Waals surface area contributed by atoms with Gasteiger partial charge in [0.2, 0.25) is 0 Å². The van der Waals surface area contributed by atoms with Crippen molar-refractivity contribution < 1.29 is 18.9 Å². The van der Waals surface area contributed by atoms with Gasteiger partial charge in [-0.2, -0.15) is 0 Å². The van der Waals surface area contributed by atoms with Crippen LogP contribution >= 0.6 is 0 Å². The first-order valence-corrected chi connectivity index (χ1v) is 8.61.